The number of hydrogen-bond acceptors (Lipinski definition) is 3. The predicted octanol–water partition coefficient (Wildman–Crippen LogP) is 3.30. The second-order valence-corrected chi connectivity index (χ2v) is 7.19. The third-order valence-electron chi connectivity index (χ3n) is 4.05. The van der Waals surface area contributed by atoms with Crippen molar-refractivity contribution < 1.29 is 9.59 Å². The van der Waals surface area contributed by atoms with Crippen molar-refractivity contribution in [2.75, 3.05) is 12.3 Å². The normalized spacial score (nSPS) is 10.6. The van der Waals surface area contributed by atoms with Crippen LogP contribution in [0.1, 0.15) is 16.8 Å². The Kier molecular flexibility index (Phi) is 6.38. The fourth-order valence-corrected chi connectivity index (χ4v) is 3.60. The highest BCUT2D eigenvalue weighted by Crippen LogP contribution is 2.20. The van der Waals surface area contributed by atoms with Crippen LogP contribution in [-0.2, 0) is 7.05 Å². The van der Waals surface area contributed by atoms with Gasteiger partial charge >= 0.3 is 6.03 Å². The number of fused-ring (bicyclic) bond motifs is 1. The van der Waals surface area contributed by atoms with Crippen molar-refractivity contribution in [2.24, 2.45) is 7.05 Å². The van der Waals surface area contributed by atoms with E-state index in [1.807, 2.05) is 54.1 Å². The van der Waals surface area contributed by atoms with Crippen LogP contribution in [0.4, 0.5) is 4.79 Å². The van der Waals surface area contributed by atoms with Gasteiger partial charge in [-0.15, -0.1) is 11.8 Å². The van der Waals surface area contributed by atoms with Crippen molar-refractivity contribution in [1.29, 1.82) is 0 Å². The maximum Gasteiger partial charge on any atom is 0.333 e. The molecule has 2 aromatic carbocycles. The minimum absolute atomic E-state index is 0.346. The Hall–Kier alpha value is -2.93. The molecular weight excluding hydrogens is 360 g/mol. The van der Waals surface area contributed by atoms with Crippen molar-refractivity contribution in [3.8, 4) is 0 Å². The molecule has 0 aliphatic carbocycles. The molecule has 0 saturated heterocycles. The molecule has 0 saturated carbocycles. The third kappa shape index (κ3) is 5.04. The molecule has 0 radical (unpaired) electrons. The number of carbonyl (C=O) groups is 2. The first kappa shape index (κ1) is 18.8. The molecule has 3 rings (SSSR count). The fourth-order valence-electron chi connectivity index (χ4n) is 2.73. The average Bonchev–Trinajstić information content (AvgIpc) is 3.04. The molecule has 0 aliphatic heterocycles. The highest BCUT2D eigenvalue weighted by molar-refractivity contribution is 7.99. The zero-order valence-corrected chi connectivity index (χ0v) is 15.9. The van der Waals surface area contributed by atoms with Crippen molar-refractivity contribution >= 4 is 34.6 Å². The van der Waals surface area contributed by atoms with Crippen molar-refractivity contribution in [1.82, 2.24) is 20.7 Å². The SMILES string of the molecule is Cn1cc(C(=O)NNC(=O)NCCCSc2ccccc2)c2ccccc21. The van der Waals surface area contributed by atoms with Gasteiger partial charge in [0.2, 0.25) is 0 Å². The highest BCUT2D eigenvalue weighted by Gasteiger charge is 2.13. The van der Waals surface area contributed by atoms with Gasteiger partial charge in [-0.2, -0.15) is 0 Å². The standard InChI is InChI=1S/C20H22N4O2S/c1-24-14-17(16-10-5-6-11-18(16)24)19(25)22-23-20(26)21-12-7-13-27-15-8-3-2-4-9-15/h2-6,8-11,14H,7,12-13H2,1H3,(H,22,25)(H2,21,23,26). The quantitative estimate of drug-likeness (QED) is 0.348. The summed E-state index contributed by atoms with van der Waals surface area (Å²) in [7, 11) is 1.88. The molecule has 140 valence electrons. The zero-order chi connectivity index (χ0) is 19.1. The molecule has 3 aromatic rings. The van der Waals surface area contributed by atoms with E-state index in [4.69, 9.17) is 0 Å². The number of aromatic nitrogens is 1. The Morgan fingerprint density at radius 1 is 1.00 bits per heavy atom. The number of benzene rings is 2. The number of para-hydroxylation sites is 1. The van der Waals surface area contributed by atoms with E-state index in [2.05, 4.69) is 28.3 Å². The van der Waals surface area contributed by atoms with Crippen molar-refractivity contribution in [3.05, 3.63) is 66.4 Å². The number of urea groups is 1. The lowest BCUT2D eigenvalue weighted by atomic mass is 10.2. The Morgan fingerprint density at radius 3 is 2.56 bits per heavy atom. The van der Waals surface area contributed by atoms with E-state index in [0.29, 0.717) is 12.1 Å². The lowest BCUT2D eigenvalue weighted by Crippen LogP contribution is -2.47. The van der Waals surface area contributed by atoms with Gasteiger partial charge in [0, 0.05) is 35.6 Å². The van der Waals surface area contributed by atoms with E-state index in [9.17, 15) is 9.59 Å². The Morgan fingerprint density at radius 2 is 1.74 bits per heavy atom. The summed E-state index contributed by atoms with van der Waals surface area (Å²) in [6, 6.07) is 17.3. The van der Waals surface area contributed by atoms with E-state index >= 15 is 0 Å². The number of hydrogen-bond donors (Lipinski definition) is 3. The Bertz CT molecular complexity index is 924. The summed E-state index contributed by atoms with van der Waals surface area (Å²) in [6.45, 7) is 0.538. The monoisotopic (exact) mass is 382 g/mol. The first-order valence-corrected chi connectivity index (χ1v) is 9.70. The Balaban J connectivity index is 1.39. The molecule has 0 bridgehead atoms. The largest absolute Gasteiger partial charge is 0.350 e. The maximum absolute atomic E-state index is 12.3. The van der Waals surface area contributed by atoms with Crippen LogP contribution in [0, 0.1) is 0 Å². The van der Waals surface area contributed by atoms with Gasteiger partial charge in [0.05, 0.1) is 5.56 Å². The van der Waals surface area contributed by atoms with Gasteiger partial charge in [0.1, 0.15) is 0 Å². The molecule has 0 spiro atoms. The molecule has 0 aliphatic rings. The van der Waals surface area contributed by atoms with Crippen molar-refractivity contribution in [2.45, 2.75) is 11.3 Å². The van der Waals surface area contributed by atoms with E-state index < -0.39 is 6.03 Å². The van der Waals surface area contributed by atoms with E-state index in [1.165, 1.54) is 4.90 Å². The van der Waals surface area contributed by atoms with Gasteiger partial charge < -0.3 is 9.88 Å². The van der Waals surface area contributed by atoms with Crippen molar-refractivity contribution in [3.63, 3.8) is 0 Å². The van der Waals surface area contributed by atoms with Gasteiger partial charge in [0.25, 0.3) is 5.91 Å². The highest BCUT2D eigenvalue weighted by atomic mass is 32.2. The lowest BCUT2D eigenvalue weighted by molar-refractivity contribution is 0.0938. The molecule has 7 heteroatoms. The summed E-state index contributed by atoms with van der Waals surface area (Å²) in [5.41, 5.74) is 6.33. The van der Waals surface area contributed by atoms with Crippen LogP contribution in [0.15, 0.2) is 65.7 Å². The summed E-state index contributed by atoms with van der Waals surface area (Å²) in [5, 5.41) is 3.58. The number of rotatable bonds is 6. The molecule has 27 heavy (non-hydrogen) atoms. The van der Waals surface area contributed by atoms with Crippen LogP contribution in [0.5, 0.6) is 0 Å². The molecule has 6 nitrogen and oxygen atoms in total. The van der Waals surface area contributed by atoms with Crippen LogP contribution < -0.4 is 16.2 Å². The first-order valence-electron chi connectivity index (χ1n) is 8.71. The van der Waals surface area contributed by atoms with Gasteiger partial charge in [-0.05, 0) is 30.4 Å². The summed E-state index contributed by atoms with van der Waals surface area (Å²) in [6.07, 6.45) is 2.59. The molecule has 0 fully saturated rings. The number of carbonyl (C=O) groups excluding carboxylic acids is 2. The first-order chi connectivity index (χ1) is 13.1. The number of nitrogens with one attached hydrogen (secondary N) is 3. The van der Waals surface area contributed by atoms with Crippen LogP contribution in [0.3, 0.4) is 0 Å². The third-order valence-corrected chi connectivity index (χ3v) is 5.15. The molecule has 0 unspecified atom stereocenters. The van der Waals surface area contributed by atoms with Crippen LogP contribution in [0.2, 0.25) is 0 Å². The van der Waals surface area contributed by atoms with Crippen LogP contribution in [-0.4, -0.2) is 28.8 Å². The molecule has 1 aromatic heterocycles. The number of hydrazine groups is 1. The minimum atomic E-state index is -0.423. The van der Waals surface area contributed by atoms with E-state index in [1.54, 1.807) is 18.0 Å². The summed E-state index contributed by atoms with van der Waals surface area (Å²) in [5.74, 6) is 0.564. The number of aryl methyl sites for hydroxylation is 1. The van der Waals surface area contributed by atoms with Gasteiger partial charge in [0.15, 0.2) is 0 Å². The van der Waals surface area contributed by atoms with E-state index in [0.717, 1.165) is 23.1 Å². The number of thioether (sulfide) groups is 1. The minimum Gasteiger partial charge on any atom is -0.350 e. The van der Waals surface area contributed by atoms with E-state index in [-0.39, 0.29) is 5.91 Å². The smallest absolute Gasteiger partial charge is 0.333 e. The summed E-state index contributed by atoms with van der Waals surface area (Å²) >= 11 is 1.75. The molecule has 0 atom stereocenters. The van der Waals surface area contributed by atoms with Gasteiger partial charge in [-0.1, -0.05) is 36.4 Å². The second-order valence-electron chi connectivity index (χ2n) is 6.02. The topological polar surface area (TPSA) is 75.2 Å². The fraction of sp³-hybridized carbons (Fsp3) is 0.200. The lowest BCUT2D eigenvalue weighted by Gasteiger charge is -2.08. The molecule has 3 amide bonds. The average molecular weight is 382 g/mol. The zero-order valence-electron chi connectivity index (χ0n) is 15.1. The molecule has 3 N–H and O–H groups in total. The Labute approximate surface area is 162 Å². The number of amides is 3. The van der Waals surface area contributed by atoms with Gasteiger partial charge in [-0.3, -0.25) is 10.2 Å². The van der Waals surface area contributed by atoms with Gasteiger partial charge in [-0.25, -0.2) is 10.2 Å². The molecular formula is C20H22N4O2S. The number of nitrogens with zero attached hydrogens (tertiary/aromatic N) is 1. The predicted molar refractivity (Wildman–Crippen MR) is 109 cm³/mol. The maximum atomic E-state index is 12.3. The molecule has 1 heterocycles. The second kappa shape index (κ2) is 9.14. The summed E-state index contributed by atoms with van der Waals surface area (Å²) < 4.78 is 1.88. The van der Waals surface area contributed by atoms with Crippen LogP contribution in [0.25, 0.3) is 10.9 Å². The van der Waals surface area contributed by atoms with Crippen LogP contribution >= 0.6 is 11.8 Å². The summed E-state index contributed by atoms with van der Waals surface area (Å²) in [4.78, 5) is 25.4.